The van der Waals surface area contributed by atoms with E-state index in [0.29, 0.717) is 27.4 Å². The second kappa shape index (κ2) is 6.80. The van der Waals surface area contributed by atoms with Crippen LogP contribution in [0.1, 0.15) is 21.8 Å². The summed E-state index contributed by atoms with van der Waals surface area (Å²) in [5.74, 6) is -2.00. The predicted octanol–water partition coefficient (Wildman–Crippen LogP) is 4.97. The van der Waals surface area contributed by atoms with Gasteiger partial charge in [-0.3, -0.25) is 4.79 Å². The Labute approximate surface area is 150 Å². The maximum Gasteiger partial charge on any atom is 0.471 e. The molecule has 3 aromatic rings. The molecule has 1 amide bonds. The standard InChI is InChI=1S/C17H11ClF3N3O2/c1-9-8-10(14-23-16(26-24-14)17(19,20)21)6-7-13(9)22-15(25)11-4-2-3-5-12(11)18/h2-8H,1H3,(H,22,25). The van der Waals surface area contributed by atoms with Gasteiger partial charge in [-0.25, -0.2) is 0 Å². The average molecular weight is 382 g/mol. The predicted molar refractivity (Wildman–Crippen MR) is 88.9 cm³/mol. The van der Waals surface area contributed by atoms with Gasteiger partial charge >= 0.3 is 12.1 Å². The third-order valence-electron chi connectivity index (χ3n) is 3.52. The molecule has 3 rings (SSSR count). The molecule has 0 bridgehead atoms. The summed E-state index contributed by atoms with van der Waals surface area (Å²) in [4.78, 5) is 15.6. The molecule has 1 N–H and O–H groups in total. The molecule has 5 nitrogen and oxygen atoms in total. The van der Waals surface area contributed by atoms with Crippen molar-refractivity contribution in [1.82, 2.24) is 10.1 Å². The number of alkyl halides is 3. The van der Waals surface area contributed by atoms with E-state index in [1.165, 1.54) is 6.07 Å². The maximum atomic E-state index is 12.5. The molecule has 0 fully saturated rings. The van der Waals surface area contributed by atoms with Gasteiger partial charge in [-0.15, -0.1) is 0 Å². The maximum absolute atomic E-state index is 12.5. The first kappa shape index (κ1) is 17.9. The molecule has 1 heterocycles. The summed E-state index contributed by atoms with van der Waals surface area (Å²) in [6.07, 6.45) is -4.71. The number of anilines is 1. The van der Waals surface area contributed by atoms with Crippen LogP contribution in [0.2, 0.25) is 5.02 Å². The number of carbonyl (C=O) groups excluding carboxylic acids is 1. The molecule has 0 atom stereocenters. The highest BCUT2D eigenvalue weighted by Gasteiger charge is 2.38. The van der Waals surface area contributed by atoms with Crippen LogP contribution in [0.5, 0.6) is 0 Å². The first-order valence-electron chi connectivity index (χ1n) is 7.33. The van der Waals surface area contributed by atoms with Crippen molar-refractivity contribution in [2.45, 2.75) is 13.1 Å². The van der Waals surface area contributed by atoms with Crippen LogP contribution in [0.4, 0.5) is 18.9 Å². The van der Waals surface area contributed by atoms with Gasteiger partial charge < -0.3 is 9.84 Å². The van der Waals surface area contributed by atoms with Gasteiger partial charge in [0, 0.05) is 11.3 Å². The molecular weight excluding hydrogens is 371 g/mol. The fourth-order valence-corrected chi connectivity index (χ4v) is 2.46. The van der Waals surface area contributed by atoms with Crippen LogP contribution < -0.4 is 5.32 Å². The van der Waals surface area contributed by atoms with Gasteiger partial charge in [0.05, 0.1) is 10.6 Å². The fourth-order valence-electron chi connectivity index (χ4n) is 2.23. The van der Waals surface area contributed by atoms with Gasteiger partial charge in [0.25, 0.3) is 5.91 Å². The Morgan fingerprint density at radius 2 is 1.92 bits per heavy atom. The van der Waals surface area contributed by atoms with E-state index >= 15 is 0 Å². The molecule has 1 aromatic heterocycles. The molecule has 0 aliphatic rings. The highest BCUT2D eigenvalue weighted by atomic mass is 35.5. The summed E-state index contributed by atoms with van der Waals surface area (Å²) in [5, 5.41) is 6.35. The lowest BCUT2D eigenvalue weighted by Gasteiger charge is -2.10. The van der Waals surface area contributed by atoms with Crippen molar-refractivity contribution in [3.05, 3.63) is 64.5 Å². The van der Waals surface area contributed by atoms with Crippen molar-refractivity contribution in [1.29, 1.82) is 0 Å². The third kappa shape index (κ3) is 3.70. The lowest BCUT2D eigenvalue weighted by Crippen LogP contribution is -2.13. The quantitative estimate of drug-likeness (QED) is 0.695. The van der Waals surface area contributed by atoms with Gasteiger partial charge in [0.2, 0.25) is 5.82 Å². The Morgan fingerprint density at radius 1 is 1.19 bits per heavy atom. The van der Waals surface area contributed by atoms with Gasteiger partial charge in [-0.1, -0.05) is 28.9 Å². The van der Waals surface area contributed by atoms with Gasteiger partial charge in [0.1, 0.15) is 0 Å². The van der Waals surface area contributed by atoms with Crippen LogP contribution in [0, 0.1) is 6.92 Å². The first-order chi connectivity index (χ1) is 12.3. The van der Waals surface area contributed by atoms with Crippen LogP contribution in [-0.2, 0) is 6.18 Å². The molecule has 0 aliphatic carbocycles. The first-order valence-corrected chi connectivity index (χ1v) is 7.71. The number of hydrogen-bond acceptors (Lipinski definition) is 4. The van der Waals surface area contributed by atoms with E-state index in [1.54, 1.807) is 43.3 Å². The van der Waals surface area contributed by atoms with Crippen molar-refractivity contribution in [2.24, 2.45) is 0 Å². The highest BCUT2D eigenvalue weighted by molar-refractivity contribution is 6.34. The van der Waals surface area contributed by atoms with E-state index < -0.39 is 18.0 Å². The molecule has 0 saturated heterocycles. The summed E-state index contributed by atoms with van der Waals surface area (Å²) >= 11 is 5.99. The van der Waals surface area contributed by atoms with Crippen LogP contribution in [0.3, 0.4) is 0 Å². The summed E-state index contributed by atoms with van der Waals surface area (Å²) in [7, 11) is 0. The zero-order valence-corrected chi connectivity index (χ0v) is 14.0. The lowest BCUT2D eigenvalue weighted by atomic mass is 10.1. The fraction of sp³-hybridized carbons (Fsp3) is 0.118. The molecule has 134 valence electrons. The van der Waals surface area contributed by atoms with E-state index in [2.05, 4.69) is 20.0 Å². The monoisotopic (exact) mass is 381 g/mol. The third-order valence-corrected chi connectivity index (χ3v) is 3.85. The van der Waals surface area contributed by atoms with Crippen LogP contribution in [0.15, 0.2) is 47.0 Å². The van der Waals surface area contributed by atoms with Crippen molar-refractivity contribution in [3.8, 4) is 11.4 Å². The second-order valence-electron chi connectivity index (χ2n) is 5.38. The van der Waals surface area contributed by atoms with Crippen molar-refractivity contribution >= 4 is 23.2 Å². The molecule has 0 aliphatic heterocycles. The largest absolute Gasteiger partial charge is 0.471 e. The molecule has 26 heavy (non-hydrogen) atoms. The number of nitrogens with zero attached hydrogens (tertiary/aromatic N) is 2. The Hall–Kier alpha value is -2.87. The average Bonchev–Trinajstić information content (AvgIpc) is 3.07. The van der Waals surface area contributed by atoms with Crippen molar-refractivity contribution in [3.63, 3.8) is 0 Å². The van der Waals surface area contributed by atoms with E-state index in [0.717, 1.165) is 0 Å². The lowest BCUT2D eigenvalue weighted by molar-refractivity contribution is -0.159. The zero-order valence-electron chi connectivity index (χ0n) is 13.3. The summed E-state index contributed by atoms with van der Waals surface area (Å²) in [6, 6.07) is 11.2. The second-order valence-corrected chi connectivity index (χ2v) is 5.79. The minimum atomic E-state index is -4.71. The number of carbonyl (C=O) groups is 1. The van der Waals surface area contributed by atoms with Crippen molar-refractivity contribution < 1.29 is 22.5 Å². The molecule has 0 spiro atoms. The SMILES string of the molecule is Cc1cc(-c2noc(C(F)(F)F)n2)ccc1NC(=O)c1ccccc1Cl. The highest BCUT2D eigenvalue weighted by Crippen LogP contribution is 2.30. The number of benzene rings is 2. The van der Waals surface area contributed by atoms with Crippen LogP contribution in [-0.4, -0.2) is 16.0 Å². The summed E-state index contributed by atoms with van der Waals surface area (Å²) in [5.41, 5.74) is 1.74. The number of hydrogen-bond donors (Lipinski definition) is 1. The number of nitrogens with one attached hydrogen (secondary N) is 1. The van der Waals surface area contributed by atoms with Gasteiger partial charge in [-0.05, 0) is 42.8 Å². The topological polar surface area (TPSA) is 68.0 Å². The smallest absolute Gasteiger partial charge is 0.329 e. The Morgan fingerprint density at radius 3 is 2.54 bits per heavy atom. The zero-order chi connectivity index (χ0) is 18.9. The van der Waals surface area contributed by atoms with Gasteiger partial charge in [0.15, 0.2) is 0 Å². The molecule has 0 unspecified atom stereocenters. The number of amides is 1. The van der Waals surface area contributed by atoms with Gasteiger partial charge in [-0.2, -0.15) is 18.2 Å². The number of halogens is 4. The Balaban J connectivity index is 1.83. The molecule has 2 aromatic carbocycles. The number of aryl methyl sites for hydroxylation is 1. The van der Waals surface area contributed by atoms with Crippen LogP contribution >= 0.6 is 11.6 Å². The minimum absolute atomic E-state index is 0.190. The summed E-state index contributed by atoms with van der Waals surface area (Å²) < 4.78 is 41.8. The number of aromatic nitrogens is 2. The molecular formula is C17H11ClF3N3O2. The Kier molecular flexibility index (Phi) is 4.69. The minimum Gasteiger partial charge on any atom is -0.329 e. The molecule has 9 heteroatoms. The molecule has 0 saturated carbocycles. The van der Waals surface area contributed by atoms with E-state index in [-0.39, 0.29) is 5.82 Å². The number of rotatable bonds is 3. The van der Waals surface area contributed by atoms with Crippen LogP contribution in [0.25, 0.3) is 11.4 Å². The summed E-state index contributed by atoms with van der Waals surface area (Å²) in [6.45, 7) is 1.69. The van der Waals surface area contributed by atoms with E-state index in [9.17, 15) is 18.0 Å². The molecule has 0 radical (unpaired) electrons. The Bertz CT molecular complexity index is 970. The van der Waals surface area contributed by atoms with E-state index in [1.807, 2.05) is 0 Å². The normalized spacial score (nSPS) is 11.4. The van der Waals surface area contributed by atoms with E-state index in [4.69, 9.17) is 11.6 Å². The van der Waals surface area contributed by atoms with Crippen molar-refractivity contribution in [2.75, 3.05) is 5.32 Å².